The summed E-state index contributed by atoms with van der Waals surface area (Å²) in [5.41, 5.74) is 6.54. The van der Waals surface area contributed by atoms with Crippen LogP contribution in [-0.4, -0.2) is 18.1 Å². The molecule has 0 saturated heterocycles. The molecule has 0 spiro atoms. The van der Waals surface area contributed by atoms with Crippen molar-refractivity contribution in [3.05, 3.63) is 58.7 Å². The fourth-order valence-electron chi connectivity index (χ4n) is 3.31. The molecule has 0 unspecified atom stereocenters. The van der Waals surface area contributed by atoms with Gasteiger partial charge in [0.25, 0.3) is 0 Å². The Kier molecular flexibility index (Phi) is 5.99. The van der Waals surface area contributed by atoms with Gasteiger partial charge in [-0.15, -0.1) is 24.8 Å². The van der Waals surface area contributed by atoms with Crippen LogP contribution in [0.25, 0.3) is 22.0 Å². The van der Waals surface area contributed by atoms with Crippen LogP contribution >= 0.6 is 36.4 Å². The summed E-state index contributed by atoms with van der Waals surface area (Å²) in [5, 5.41) is 5.62. The highest BCUT2D eigenvalue weighted by Gasteiger charge is 2.17. The lowest BCUT2D eigenvalue weighted by Crippen LogP contribution is -2.16. The normalized spacial score (nSPS) is 13.6. The van der Waals surface area contributed by atoms with E-state index in [1.165, 1.54) is 33.3 Å². The Morgan fingerprint density at radius 1 is 0.913 bits per heavy atom. The van der Waals surface area contributed by atoms with Crippen LogP contribution in [0.2, 0.25) is 5.02 Å². The molecule has 2 aromatic carbocycles. The molecule has 5 heteroatoms. The third-order valence-corrected chi connectivity index (χ3v) is 4.49. The van der Waals surface area contributed by atoms with Crippen molar-refractivity contribution in [2.75, 3.05) is 13.1 Å². The zero-order valence-electron chi connectivity index (χ0n) is 12.6. The van der Waals surface area contributed by atoms with Crippen molar-refractivity contribution in [1.29, 1.82) is 0 Å². The number of aromatic amines is 1. The van der Waals surface area contributed by atoms with Crippen molar-refractivity contribution in [2.45, 2.75) is 12.8 Å². The topological polar surface area (TPSA) is 27.8 Å². The Bertz CT molecular complexity index is 811. The number of benzene rings is 2. The van der Waals surface area contributed by atoms with Gasteiger partial charge in [0, 0.05) is 34.6 Å². The van der Waals surface area contributed by atoms with Gasteiger partial charge >= 0.3 is 0 Å². The molecule has 0 fully saturated rings. The highest BCUT2D eigenvalue weighted by Crippen LogP contribution is 2.34. The number of rotatable bonds is 1. The first-order chi connectivity index (χ1) is 10.3. The Morgan fingerprint density at radius 3 is 2.52 bits per heavy atom. The van der Waals surface area contributed by atoms with Crippen LogP contribution in [0.15, 0.2) is 42.5 Å². The maximum atomic E-state index is 6.17. The molecule has 4 rings (SSSR count). The molecule has 2 N–H and O–H groups in total. The molecule has 0 aliphatic carbocycles. The van der Waals surface area contributed by atoms with Crippen molar-refractivity contribution >= 4 is 47.3 Å². The Labute approximate surface area is 153 Å². The predicted octanol–water partition coefficient (Wildman–Crippen LogP) is 5.02. The van der Waals surface area contributed by atoms with Crippen LogP contribution in [0, 0.1) is 0 Å². The van der Waals surface area contributed by atoms with Gasteiger partial charge in [0.15, 0.2) is 0 Å². The molecule has 2 nitrogen and oxygen atoms in total. The van der Waals surface area contributed by atoms with Crippen molar-refractivity contribution in [1.82, 2.24) is 10.3 Å². The monoisotopic (exact) mass is 368 g/mol. The second kappa shape index (κ2) is 7.59. The molecule has 0 radical (unpaired) electrons. The van der Waals surface area contributed by atoms with Gasteiger partial charge in [-0.05, 0) is 47.9 Å². The van der Waals surface area contributed by atoms with Gasteiger partial charge in [0.1, 0.15) is 0 Å². The fourth-order valence-corrected chi connectivity index (χ4v) is 3.50. The Morgan fingerprint density at radius 2 is 1.70 bits per heavy atom. The molecule has 0 bridgehead atoms. The van der Waals surface area contributed by atoms with Crippen molar-refractivity contribution in [3.8, 4) is 11.1 Å². The molecule has 23 heavy (non-hydrogen) atoms. The summed E-state index contributed by atoms with van der Waals surface area (Å²) < 4.78 is 0. The maximum absolute atomic E-state index is 6.17. The zero-order chi connectivity index (χ0) is 14.2. The summed E-state index contributed by atoms with van der Waals surface area (Å²) in [6.45, 7) is 2.09. The van der Waals surface area contributed by atoms with Crippen LogP contribution in [0.3, 0.4) is 0 Å². The number of halogens is 3. The van der Waals surface area contributed by atoms with Crippen molar-refractivity contribution in [2.24, 2.45) is 0 Å². The summed E-state index contributed by atoms with van der Waals surface area (Å²) in [6, 6.07) is 14.6. The quantitative estimate of drug-likeness (QED) is 0.619. The number of H-pyrrole nitrogens is 1. The van der Waals surface area contributed by atoms with E-state index in [0.717, 1.165) is 31.0 Å². The fraction of sp³-hybridized carbons (Fsp3) is 0.222. The standard InChI is InChI=1S/C18H17ClN2.2ClH/c19-13-4-1-3-12(11-13)14-5-2-6-17-18(14)15-7-9-20-10-8-16(15)21-17;;/h1-6,11,20-21H,7-10H2;2*1H. The van der Waals surface area contributed by atoms with E-state index in [2.05, 4.69) is 34.6 Å². The summed E-state index contributed by atoms with van der Waals surface area (Å²) in [7, 11) is 0. The lowest BCUT2D eigenvalue weighted by atomic mass is 9.97. The van der Waals surface area contributed by atoms with Crippen LogP contribution in [0.5, 0.6) is 0 Å². The van der Waals surface area contributed by atoms with Crippen LogP contribution in [-0.2, 0) is 12.8 Å². The summed E-state index contributed by atoms with van der Waals surface area (Å²) in [6.07, 6.45) is 2.14. The molecular formula is C18H19Cl3N2. The third-order valence-electron chi connectivity index (χ3n) is 4.26. The van der Waals surface area contributed by atoms with Gasteiger partial charge < -0.3 is 10.3 Å². The number of aromatic nitrogens is 1. The largest absolute Gasteiger partial charge is 0.358 e. The minimum atomic E-state index is 0. The van der Waals surface area contributed by atoms with Gasteiger partial charge in [-0.3, -0.25) is 0 Å². The molecule has 1 aliphatic rings. The van der Waals surface area contributed by atoms with E-state index in [-0.39, 0.29) is 24.8 Å². The average molecular weight is 370 g/mol. The molecule has 3 aromatic rings. The summed E-state index contributed by atoms with van der Waals surface area (Å²) >= 11 is 6.17. The third kappa shape index (κ3) is 3.36. The van der Waals surface area contributed by atoms with E-state index in [4.69, 9.17) is 11.6 Å². The van der Waals surface area contributed by atoms with Crippen molar-refractivity contribution in [3.63, 3.8) is 0 Å². The number of nitrogens with one attached hydrogen (secondary N) is 2. The molecular weight excluding hydrogens is 351 g/mol. The molecule has 0 saturated carbocycles. The SMILES string of the molecule is Cl.Cl.Clc1cccc(-c2cccc3[nH]c4c(c23)CCNCC4)c1. The van der Waals surface area contributed by atoms with Crippen molar-refractivity contribution < 1.29 is 0 Å². The molecule has 122 valence electrons. The second-order valence-electron chi connectivity index (χ2n) is 5.57. The molecule has 0 atom stereocenters. The van der Waals surface area contributed by atoms with E-state index in [9.17, 15) is 0 Å². The average Bonchev–Trinajstić information content (AvgIpc) is 2.69. The molecule has 2 heterocycles. The van der Waals surface area contributed by atoms with E-state index in [1.807, 2.05) is 18.2 Å². The highest BCUT2D eigenvalue weighted by molar-refractivity contribution is 6.30. The molecule has 0 amide bonds. The van der Waals surface area contributed by atoms with Crippen LogP contribution in [0.4, 0.5) is 0 Å². The first kappa shape index (κ1) is 18.2. The van der Waals surface area contributed by atoms with Gasteiger partial charge in [0.2, 0.25) is 0 Å². The Hall–Kier alpha value is -1.19. The smallest absolute Gasteiger partial charge is 0.0465 e. The predicted molar refractivity (Wildman–Crippen MR) is 104 cm³/mol. The zero-order valence-corrected chi connectivity index (χ0v) is 15.0. The van der Waals surface area contributed by atoms with E-state index < -0.39 is 0 Å². The van der Waals surface area contributed by atoms with Crippen LogP contribution in [0.1, 0.15) is 11.3 Å². The summed E-state index contributed by atoms with van der Waals surface area (Å²) in [4.78, 5) is 3.61. The van der Waals surface area contributed by atoms with Gasteiger partial charge in [0.05, 0.1) is 0 Å². The van der Waals surface area contributed by atoms with E-state index in [1.54, 1.807) is 0 Å². The summed E-state index contributed by atoms with van der Waals surface area (Å²) in [5.74, 6) is 0. The van der Waals surface area contributed by atoms with Gasteiger partial charge in [-0.25, -0.2) is 0 Å². The van der Waals surface area contributed by atoms with E-state index in [0.29, 0.717) is 0 Å². The first-order valence-electron chi connectivity index (χ1n) is 7.42. The van der Waals surface area contributed by atoms with Gasteiger partial charge in [-0.1, -0.05) is 35.9 Å². The number of fused-ring (bicyclic) bond motifs is 3. The second-order valence-corrected chi connectivity index (χ2v) is 6.01. The first-order valence-corrected chi connectivity index (χ1v) is 7.80. The minimum Gasteiger partial charge on any atom is -0.358 e. The molecule has 1 aliphatic heterocycles. The van der Waals surface area contributed by atoms with Gasteiger partial charge in [-0.2, -0.15) is 0 Å². The van der Waals surface area contributed by atoms with E-state index >= 15 is 0 Å². The lowest BCUT2D eigenvalue weighted by molar-refractivity contribution is 0.708. The number of hydrogen-bond acceptors (Lipinski definition) is 1. The Balaban J connectivity index is 0.000000960. The number of hydrogen-bond donors (Lipinski definition) is 2. The maximum Gasteiger partial charge on any atom is 0.0465 e. The molecule has 1 aromatic heterocycles. The highest BCUT2D eigenvalue weighted by atomic mass is 35.5. The van der Waals surface area contributed by atoms with Crippen LogP contribution < -0.4 is 5.32 Å². The minimum absolute atomic E-state index is 0. The lowest BCUT2D eigenvalue weighted by Gasteiger charge is -2.07.